The van der Waals surface area contributed by atoms with E-state index >= 15 is 0 Å². The maximum Gasteiger partial charge on any atom is 0.273 e. The van der Waals surface area contributed by atoms with Gasteiger partial charge in [-0.3, -0.25) is 4.79 Å². The van der Waals surface area contributed by atoms with Crippen LogP contribution in [0.4, 0.5) is 0 Å². The Balaban J connectivity index is 2.13. The molecule has 6 nitrogen and oxygen atoms in total. The Morgan fingerprint density at radius 2 is 2.13 bits per heavy atom. The van der Waals surface area contributed by atoms with Gasteiger partial charge < -0.3 is 19.7 Å². The van der Waals surface area contributed by atoms with Crippen LogP contribution < -0.4 is 5.32 Å². The number of hydrogen-bond donors (Lipinski definition) is 2. The van der Waals surface area contributed by atoms with E-state index in [1.54, 1.807) is 37.3 Å². The van der Waals surface area contributed by atoms with Gasteiger partial charge in [-0.2, -0.15) is 0 Å². The second-order valence-electron chi connectivity index (χ2n) is 5.50. The number of amides is 1. The lowest BCUT2D eigenvalue weighted by Gasteiger charge is -2.28. The highest BCUT2D eigenvalue weighted by atomic mass is 35.5. The number of aromatic nitrogens is 1. The van der Waals surface area contributed by atoms with Gasteiger partial charge in [-0.25, -0.2) is 0 Å². The highest BCUT2D eigenvalue weighted by molar-refractivity contribution is 6.30. The van der Waals surface area contributed by atoms with Crippen LogP contribution in [-0.2, 0) is 4.74 Å². The van der Waals surface area contributed by atoms with Gasteiger partial charge in [0.1, 0.15) is 0 Å². The summed E-state index contributed by atoms with van der Waals surface area (Å²) in [5.74, 6) is 0.0874. The van der Waals surface area contributed by atoms with Crippen molar-refractivity contribution in [3.8, 4) is 11.3 Å². The van der Waals surface area contributed by atoms with Gasteiger partial charge in [-0.05, 0) is 37.6 Å². The average molecular weight is 339 g/mol. The van der Waals surface area contributed by atoms with Crippen molar-refractivity contribution in [2.75, 3.05) is 20.3 Å². The summed E-state index contributed by atoms with van der Waals surface area (Å²) in [5, 5.41) is 16.4. The minimum absolute atomic E-state index is 0.0605. The molecule has 0 saturated heterocycles. The standard InChI is InChI=1S/C16H19ClN2O4/c1-16(7-8-20,10-22-2)18-15(21)13-9-14(23-19-13)11-3-5-12(17)6-4-11/h3-6,9,20H,7-8,10H2,1-2H3,(H,18,21). The molecule has 0 spiro atoms. The van der Waals surface area contributed by atoms with Crippen LogP contribution in [0.3, 0.4) is 0 Å². The van der Waals surface area contributed by atoms with E-state index in [0.29, 0.717) is 17.2 Å². The summed E-state index contributed by atoms with van der Waals surface area (Å²) in [6.45, 7) is 2.01. The smallest absolute Gasteiger partial charge is 0.273 e. The lowest BCUT2D eigenvalue weighted by molar-refractivity contribution is 0.0718. The van der Waals surface area contributed by atoms with Crippen molar-refractivity contribution in [3.05, 3.63) is 41.0 Å². The molecule has 2 rings (SSSR count). The Hall–Kier alpha value is -1.89. The predicted molar refractivity (Wildman–Crippen MR) is 86.4 cm³/mol. The molecule has 2 aromatic rings. The maximum atomic E-state index is 12.3. The number of ether oxygens (including phenoxy) is 1. The minimum atomic E-state index is -0.681. The summed E-state index contributed by atoms with van der Waals surface area (Å²) in [7, 11) is 1.54. The van der Waals surface area contributed by atoms with E-state index in [0.717, 1.165) is 5.56 Å². The molecule has 0 radical (unpaired) electrons. The fourth-order valence-electron chi connectivity index (χ4n) is 2.21. The number of halogens is 1. The number of aliphatic hydroxyl groups is 1. The molecule has 0 aliphatic rings. The van der Waals surface area contributed by atoms with Gasteiger partial charge in [-0.1, -0.05) is 16.8 Å². The largest absolute Gasteiger partial charge is 0.396 e. The lowest BCUT2D eigenvalue weighted by Crippen LogP contribution is -2.50. The highest BCUT2D eigenvalue weighted by Gasteiger charge is 2.27. The second kappa shape index (κ2) is 7.59. The van der Waals surface area contributed by atoms with E-state index in [1.807, 2.05) is 0 Å². The van der Waals surface area contributed by atoms with E-state index in [1.165, 1.54) is 7.11 Å². The molecule has 0 saturated carbocycles. The van der Waals surface area contributed by atoms with Crippen LogP contribution in [0.15, 0.2) is 34.9 Å². The quantitative estimate of drug-likeness (QED) is 0.810. The molecule has 0 aliphatic heterocycles. The van der Waals surface area contributed by atoms with E-state index in [9.17, 15) is 4.79 Å². The number of rotatable bonds is 7. The normalized spacial score (nSPS) is 13.6. The first-order chi connectivity index (χ1) is 11.0. The third kappa shape index (κ3) is 4.54. The Kier molecular flexibility index (Phi) is 5.76. The molecule has 7 heteroatoms. The first-order valence-electron chi connectivity index (χ1n) is 7.12. The van der Waals surface area contributed by atoms with Gasteiger partial charge in [0.15, 0.2) is 11.5 Å². The average Bonchev–Trinajstić information content (AvgIpc) is 2.98. The highest BCUT2D eigenvalue weighted by Crippen LogP contribution is 2.22. The molecule has 2 N–H and O–H groups in total. The third-order valence-electron chi connectivity index (χ3n) is 3.41. The van der Waals surface area contributed by atoms with E-state index in [4.69, 9.17) is 26.0 Å². The number of benzene rings is 1. The SMILES string of the molecule is COCC(C)(CCO)NC(=O)c1cc(-c2ccc(Cl)cc2)on1. The summed E-state index contributed by atoms with van der Waals surface area (Å²) in [4.78, 5) is 12.3. The Morgan fingerprint density at radius 3 is 2.74 bits per heavy atom. The molecule has 1 aromatic heterocycles. The molecule has 1 amide bonds. The van der Waals surface area contributed by atoms with Crippen LogP contribution in [0.1, 0.15) is 23.8 Å². The molecule has 0 aliphatic carbocycles. The van der Waals surface area contributed by atoms with E-state index < -0.39 is 5.54 Å². The zero-order valence-corrected chi connectivity index (χ0v) is 13.8. The van der Waals surface area contributed by atoms with Crippen molar-refractivity contribution < 1.29 is 19.2 Å². The van der Waals surface area contributed by atoms with Gasteiger partial charge in [0.2, 0.25) is 0 Å². The van der Waals surface area contributed by atoms with Crippen LogP contribution in [0, 0.1) is 0 Å². The van der Waals surface area contributed by atoms with Gasteiger partial charge in [0.05, 0.1) is 12.1 Å². The fraction of sp³-hybridized carbons (Fsp3) is 0.375. The monoisotopic (exact) mass is 338 g/mol. The van der Waals surface area contributed by atoms with Gasteiger partial charge in [-0.15, -0.1) is 0 Å². The molecule has 0 bridgehead atoms. The fourth-order valence-corrected chi connectivity index (χ4v) is 2.33. The van der Waals surface area contributed by atoms with Crippen molar-refractivity contribution in [1.82, 2.24) is 10.5 Å². The van der Waals surface area contributed by atoms with Crippen molar-refractivity contribution >= 4 is 17.5 Å². The summed E-state index contributed by atoms with van der Waals surface area (Å²) in [6.07, 6.45) is 0.370. The summed E-state index contributed by atoms with van der Waals surface area (Å²) in [6, 6.07) is 8.59. The van der Waals surface area contributed by atoms with E-state index in [-0.39, 0.29) is 24.8 Å². The predicted octanol–water partition coefficient (Wildman–Crippen LogP) is 2.51. The Labute approximate surface area is 139 Å². The summed E-state index contributed by atoms with van der Waals surface area (Å²) >= 11 is 5.84. The van der Waals surface area contributed by atoms with E-state index in [2.05, 4.69) is 10.5 Å². The van der Waals surface area contributed by atoms with Crippen molar-refractivity contribution in [2.45, 2.75) is 18.9 Å². The molecule has 124 valence electrons. The molecule has 1 aromatic carbocycles. The number of aliphatic hydroxyl groups excluding tert-OH is 1. The van der Waals surface area contributed by atoms with Gasteiger partial charge in [0, 0.05) is 30.4 Å². The molecular weight excluding hydrogens is 320 g/mol. The molecule has 1 atom stereocenters. The zero-order valence-electron chi connectivity index (χ0n) is 13.0. The third-order valence-corrected chi connectivity index (χ3v) is 3.67. The van der Waals surface area contributed by atoms with Crippen LogP contribution in [0.25, 0.3) is 11.3 Å². The minimum Gasteiger partial charge on any atom is -0.396 e. The Bertz CT molecular complexity index is 648. The molecular formula is C16H19ClN2O4. The Morgan fingerprint density at radius 1 is 1.43 bits per heavy atom. The van der Waals surface area contributed by atoms with Crippen LogP contribution in [0.2, 0.25) is 5.02 Å². The first kappa shape index (κ1) is 17.5. The molecule has 1 unspecified atom stereocenters. The summed E-state index contributed by atoms with van der Waals surface area (Å²) in [5.41, 5.74) is 0.256. The van der Waals surface area contributed by atoms with Gasteiger partial charge in [0.25, 0.3) is 5.91 Å². The number of nitrogens with zero attached hydrogens (tertiary/aromatic N) is 1. The van der Waals surface area contributed by atoms with Crippen LogP contribution in [-0.4, -0.2) is 42.0 Å². The van der Waals surface area contributed by atoms with Crippen LogP contribution >= 0.6 is 11.6 Å². The second-order valence-corrected chi connectivity index (χ2v) is 5.94. The molecule has 1 heterocycles. The van der Waals surface area contributed by atoms with Crippen molar-refractivity contribution in [2.24, 2.45) is 0 Å². The number of hydrogen-bond acceptors (Lipinski definition) is 5. The molecule has 0 fully saturated rings. The lowest BCUT2D eigenvalue weighted by atomic mass is 9.99. The number of methoxy groups -OCH3 is 1. The van der Waals surface area contributed by atoms with Crippen molar-refractivity contribution in [1.29, 1.82) is 0 Å². The number of carbonyl (C=O) groups is 1. The topological polar surface area (TPSA) is 84.6 Å². The van der Waals surface area contributed by atoms with Crippen LogP contribution in [0.5, 0.6) is 0 Å². The van der Waals surface area contributed by atoms with Gasteiger partial charge >= 0.3 is 0 Å². The summed E-state index contributed by atoms with van der Waals surface area (Å²) < 4.78 is 10.3. The molecule has 23 heavy (non-hydrogen) atoms. The number of nitrogens with one attached hydrogen (secondary N) is 1. The first-order valence-corrected chi connectivity index (χ1v) is 7.50. The van der Waals surface area contributed by atoms with Crippen molar-refractivity contribution in [3.63, 3.8) is 0 Å². The number of carbonyl (C=O) groups excluding carboxylic acids is 1. The zero-order chi connectivity index (χ0) is 16.9. The maximum absolute atomic E-state index is 12.3.